The van der Waals surface area contributed by atoms with E-state index in [0.717, 1.165) is 16.5 Å². The van der Waals surface area contributed by atoms with Crippen molar-refractivity contribution in [1.82, 2.24) is 4.98 Å². The van der Waals surface area contributed by atoms with Crippen LogP contribution in [0.4, 0.5) is 0 Å². The second-order valence-electron chi connectivity index (χ2n) is 2.69. The fraction of sp³-hybridized carbons (Fsp3) is 0. The van der Waals surface area contributed by atoms with Crippen molar-refractivity contribution in [1.29, 1.82) is 5.41 Å². The Hall–Kier alpha value is -1.48. The molecule has 13 heavy (non-hydrogen) atoms. The summed E-state index contributed by atoms with van der Waals surface area (Å²) in [5.41, 5.74) is 7.18. The van der Waals surface area contributed by atoms with Crippen molar-refractivity contribution in [2.75, 3.05) is 0 Å². The van der Waals surface area contributed by atoms with Gasteiger partial charge in [-0.3, -0.25) is 5.41 Å². The van der Waals surface area contributed by atoms with Crippen molar-refractivity contribution in [2.45, 2.75) is 0 Å². The highest BCUT2D eigenvalue weighted by Crippen LogP contribution is 2.13. The minimum atomic E-state index is 0. The Balaban J connectivity index is 0.000000845. The molecular formula is C9H10ClN3. The van der Waals surface area contributed by atoms with Gasteiger partial charge in [-0.25, -0.2) is 0 Å². The molecule has 0 aliphatic heterocycles. The summed E-state index contributed by atoms with van der Waals surface area (Å²) < 4.78 is 0. The van der Waals surface area contributed by atoms with Crippen LogP contribution >= 0.6 is 12.4 Å². The largest absolute Gasteiger partial charge is 0.384 e. The monoisotopic (exact) mass is 195 g/mol. The van der Waals surface area contributed by atoms with Gasteiger partial charge in [-0.05, 0) is 24.3 Å². The van der Waals surface area contributed by atoms with Crippen LogP contribution in [0.5, 0.6) is 0 Å². The van der Waals surface area contributed by atoms with Gasteiger partial charge in [-0.2, -0.15) is 0 Å². The van der Waals surface area contributed by atoms with E-state index in [1.165, 1.54) is 0 Å². The van der Waals surface area contributed by atoms with Crippen LogP contribution in [0, 0.1) is 5.41 Å². The lowest BCUT2D eigenvalue weighted by molar-refractivity contribution is 1.43. The molecule has 0 radical (unpaired) electrons. The van der Waals surface area contributed by atoms with E-state index >= 15 is 0 Å². The molecule has 3 nitrogen and oxygen atoms in total. The average Bonchev–Trinajstić information content (AvgIpc) is 2.49. The molecule has 1 aromatic heterocycles. The third kappa shape index (κ3) is 1.65. The normalized spacial score (nSPS) is 9.54. The number of aromatic nitrogens is 1. The quantitative estimate of drug-likeness (QED) is 0.472. The minimum absolute atomic E-state index is 0. The number of nitrogen functional groups attached to an aromatic ring is 1. The summed E-state index contributed by atoms with van der Waals surface area (Å²) in [4.78, 5) is 3.07. The highest BCUT2D eigenvalue weighted by atomic mass is 35.5. The highest BCUT2D eigenvalue weighted by molar-refractivity contribution is 5.98. The van der Waals surface area contributed by atoms with E-state index in [2.05, 4.69) is 4.98 Å². The first-order valence-electron chi connectivity index (χ1n) is 3.69. The van der Waals surface area contributed by atoms with Crippen molar-refractivity contribution in [2.24, 2.45) is 5.73 Å². The molecule has 0 unspecified atom stereocenters. The average molecular weight is 196 g/mol. The van der Waals surface area contributed by atoms with E-state index in [1.54, 1.807) is 0 Å². The number of fused-ring (bicyclic) bond motifs is 1. The number of amidine groups is 1. The van der Waals surface area contributed by atoms with E-state index in [0.29, 0.717) is 0 Å². The molecule has 0 aliphatic carbocycles. The molecule has 0 saturated carbocycles. The second-order valence-corrected chi connectivity index (χ2v) is 2.69. The summed E-state index contributed by atoms with van der Waals surface area (Å²) in [6.07, 6.45) is 1.87. The maximum atomic E-state index is 7.23. The SMILES string of the molecule is Cl.N=C(N)c1ccc2[nH]ccc2c1. The van der Waals surface area contributed by atoms with Gasteiger partial charge < -0.3 is 10.7 Å². The lowest BCUT2D eigenvalue weighted by atomic mass is 10.1. The molecule has 1 heterocycles. The third-order valence-electron chi connectivity index (χ3n) is 1.86. The first-order valence-corrected chi connectivity index (χ1v) is 3.69. The second kappa shape index (κ2) is 3.49. The number of nitrogens with one attached hydrogen (secondary N) is 2. The Labute approximate surface area is 81.9 Å². The van der Waals surface area contributed by atoms with E-state index in [-0.39, 0.29) is 18.2 Å². The number of rotatable bonds is 1. The summed E-state index contributed by atoms with van der Waals surface area (Å²) in [5.74, 6) is 0.109. The number of halogens is 1. The van der Waals surface area contributed by atoms with Crippen LogP contribution in [0.2, 0.25) is 0 Å². The van der Waals surface area contributed by atoms with Crippen molar-refractivity contribution in [3.8, 4) is 0 Å². The van der Waals surface area contributed by atoms with Crippen LogP contribution < -0.4 is 5.73 Å². The number of hydrogen-bond donors (Lipinski definition) is 3. The Morgan fingerprint density at radius 1 is 1.31 bits per heavy atom. The van der Waals surface area contributed by atoms with E-state index in [4.69, 9.17) is 11.1 Å². The summed E-state index contributed by atoms with van der Waals surface area (Å²) >= 11 is 0. The number of benzene rings is 1. The topological polar surface area (TPSA) is 65.7 Å². The van der Waals surface area contributed by atoms with Crippen LogP contribution in [0.3, 0.4) is 0 Å². The predicted molar refractivity (Wildman–Crippen MR) is 56.6 cm³/mol. The molecule has 0 saturated heterocycles. The van der Waals surface area contributed by atoms with Gasteiger partial charge in [0.25, 0.3) is 0 Å². The molecule has 0 aliphatic rings. The van der Waals surface area contributed by atoms with Crippen LogP contribution in [-0.2, 0) is 0 Å². The first-order chi connectivity index (χ1) is 5.77. The van der Waals surface area contributed by atoms with Crippen LogP contribution in [0.25, 0.3) is 10.9 Å². The van der Waals surface area contributed by atoms with Gasteiger partial charge in [0.1, 0.15) is 5.84 Å². The Morgan fingerprint density at radius 3 is 2.77 bits per heavy atom. The molecule has 2 rings (SSSR count). The molecule has 0 bridgehead atoms. The Bertz CT molecular complexity index is 433. The van der Waals surface area contributed by atoms with Crippen molar-refractivity contribution in [3.63, 3.8) is 0 Å². The summed E-state index contributed by atoms with van der Waals surface area (Å²) in [5, 5.41) is 8.32. The standard InChI is InChI=1S/C9H9N3.ClH/c10-9(11)7-1-2-8-6(5-7)3-4-12-8;/h1-5,12H,(H3,10,11);1H. The summed E-state index contributed by atoms with van der Waals surface area (Å²) in [6.45, 7) is 0. The maximum absolute atomic E-state index is 7.23. The summed E-state index contributed by atoms with van der Waals surface area (Å²) in [7, 11) is 0. The molecular weight excluding hydrogens is 186 g/mol. The van der Waals surface area contributed by atoms with Gasteiger partial charge in [0.15, 0.2) is 0 Å². The van der Waals surface area contributed by atoms with Crippen molar-refractivity contribution in [3.05, 3.63) is 36.0 Å². The van der Waals surface area contributed by atoms with E-state index in [1.807, 2.05) is 30.5 Å². The molecule has 1 aromatic carbocycles. The van der Waals surface area contributed by atoms with Crippen LogP contribution in [-0.4, -0.2) is 10.8 Å². The van der Waals surface area contributed by atoms with Gasteiger partial charge in [0.05, 0.1) is 0 Å². The highest BCUT2D eigenvalue weighted by Gasteiger charge is 1.98. The lowest BCUT2D eigenvalue weighted by Crippen LogP contribution is -2.10. The number of aromatic amines is 1. The molecule has 68 valence electrons. The van der Waals surface area contributed by atoms with Gasteiger partial charge in [-0.1, -0.05) is 0 Å². The first kappa shape index (κ1) is 9.61. The van der Waals surface area contributed by atoms with Gasteiger partial charge >= 0.3 is 0 Å². The molecule has 4 heteroatoms. The minimum Gasteiger partial charge on any atom is -0.384 e. The third-order valence-corrected chi connectivity index (χ3v) is 1.86. The zero-order chi connectivity index (χ0) is 8.55. The lowest BCUT2D eigenvalue weighted by Gasteiger charge is -1.96. The summed E-state index contributed by atoms with van der Waals surface area (Å²) in [6, 6.07) is 7.61. The van der Waals surface area contributed by atoms with E-state index in [9.17, 15) is 0 Å². The van der Waals surface area contributed by atoms with E-state index < -0.39 is 0 Å². The molecule has 2 aromatic rings. The zero-order valence-electron chi connectivity index (χ0n) is 6.87. The number of H-pyrrole nitrogens is 1. The van der Waals surface area contributed by atoms with Crippen molar-refractivity contribution < 1.29 is 0 Å². The molecule has 0 atom stereocenters. The van der Waals surface area contributed by atoms with Gasteiger partial charge in [-0.15, -0.1) is 12.4 Å². The Morgan fingerprint density at radius 2 is 2.08 bits per heavy atom. The molecule has 4 N–H and O–H groups in total. The fourth-order valence-corrected chi connectivity index (χ4v) is 1.22. The zero-order valence-corrected chi connectivity index (χ0v) is 7.69. The Kier molecular flexibility index (Phi) is 2.58. The smallest absolute Gasteiger partial charge is 0.122 e. The fourth-order valence-electron chi connectivity index (χ4n) is 1.22. The molecule has 0 fully saturated rings. The molecule has 0 amide bonds. The number of hydrogen-bond acceptors (Lipinski definition) is 1. The molecule has 0 spiro atoms. The van der Waals surface area contributed by atoms with Crippen molar-refractivity contribution >= 4 is 29.1 Å². The van der Waals surface area contributed by atoms with Crippen LogP contribution in [0.15, 0.2) is 30.5 Å². The maximum Gasteiger partial charge on any atom is 0.122 e. The predicted octanol–water partition coefficient (Wildman–Crippen LogP) is 1.87. The van der Waals surface area contributed by atoms with Gasteiger partial charge in [0.2, 0.25) is 0 Å². The van der Waals surface area contributed by atoms with Gasteiger partial charge in [0, 0.05) is 22.7 Å². The van der Waals surface area contributed by atoms with Crippen LogP contribution in [0.1, 0.15) is 5.56 Å². The number of nitrogens with two attached hydrogens (primary N) is 1.